The first-order valence-corrected chi connectivity index (χ1v) is 7.11. The van der Waals surface area contributed by atoms with Gasteiger partial charge in [-0.3, -0.25) is 9.36 Å². The number of ether oxygens (including phenoxy) is 1. The van der Waals surface area contributed by atoms with Gasteiger partial charge in [-0.05, 0) is 31.9 Å². The number of imidazole rings is 1. The van der Waals surface area contributed by atoms with Crippen LogP contribution in [0.1, 0.15) is 30.1 Å². The molecule has 1 fully saturated rings. The molecule has 0 bridgehead atoms. The summed E-state index contributed by atoms with van der Waals surface area (Å²) in [6.07, 6.45) is 8.92. The zero-order valence-electron chi connectivity index (χ0n) is 11.9. The molecule has 0 aliphatic carbocycles. The summed E-state index contributed by atoms with van der Waals surface area (Å²) >= 11 is 0. The molecule has 3 heterocycles. The normalized spacial score (nSPS) is 19.4. The van der Waals surface area contributed by atoms with Crippen molar-refractivity contribution in [2.24, 2.45) is 0 Å². The lowest BCUT2D eigenvalue weighted by Crippen LogP contribution is -2.40. The molecule has 110 valence electrons. The molecule has 2 aromatic rings. The van der Waals surface area contributed by atoms with Crippen LogP contribution in [0.4, 0.5) is 0 Å². The van der Waals surface area contributed by atoms with Gasteiger partial charge in [-0.1, -0.05) is 0 Å². The van der Waals surface area contributed by atoms with Gasteiger partial charge in [0.05, 0.1) is 12.1 Å². The molecule has 1 saturated heterocycles. The maximum Gasteiger partial charge on any atom is 0.251 e. The first-order chi connectivity index (χ1) is 10.2. The molecule has 6 heteroatoms. The summed E-state index contributed by atoms with van der Waals surface area (Å²) in [5.41, 5.74) is 0.582. The van der Waals surface area contributed by atoms with E-state index >= 15 is 0 Å². The number of rotatable bonds is 4. The van der Waals surface area contributed by atoms with Crippen LogP contribution >= 0.6 is 0 Å². The van der Waals surface area contributed by atoms with Gasteiger partial charge in [0.2, 0.25) is 0 Å². The Kier molecular flexibility index (Phi) is 3.96. The van der Waals surface area contributed by atoms with Gasteiger partial charge in [0.15, 0.2) is 0 Å². The van der Waals surface area contributed by atoms with Gasteiger partial charge in [0.25, 0.3) is 5.91 Å². The molecule has 2 atom stereocenters. The molecule has 2 unspecified atom stereocenters. The number of carbonyl (C=O) groups is 1. The van der Waals surface area contributed by atoms with Gasteiger partial charge in [-0.2, -0.15) is 0 Å². The Hall–Kier alpha value is -2.21. The average Bonchev–Trinajstić information content (AvgIpc) is 3.20. The smallest absolute Gasteiger partial charge is 0.251 e. The highest BCUT2D eigenvalue weighted by atomic mass is 16.5. The summed E-state index contributed by atoms with van der Waals surface area (Å²) in [6.45, 7) is 2.76. The average molecular weight is 286 g/mol. The zero-order chi connectivity index (χ0) is 14.7. The molecule has 0 aromatic carbocycles. The Bertz CT molecular complexity index is 606. The lowest BCUT2D eigenvalue weighted by atomic mass is 10.1. The van der Waals surface area contributed by atoms with Gasteiger partial charge in [-0.25, -0.2) is 9.97 Å². The van der Waals surface area contributed by atoms with E-state index in [0.717, 1.165) is 19.4 Å². The number of hydrogen-bond acceptors (Lipinski definition) is 4. The third-order valence-electron chi connectivity index (χ3n) is 3.66. The van der Waals surface area contributed by atoms with Crippen molar-refractivity contribution in [2.75, 3.05) is 6.61 Å². The van der Waals surface area contributed by atoms with Crippen molar-refractivity contribution in [1.29, 1.82) is 0 Å². The van der Waals surface area contributed by atoms with Crippen LogP contribution in [0, 0.1) is 0 Å². The van der Waals surface area contributed by atoms with E-state index in [0.29, 0.717) is 11.4 Å². The molecule has 21 heavy (non-hydrogen) atoms. The Morgan fingerprint density at radius 2 is 2.43 bits per heavy atom. The molecule has 3 rings (SSSR count). The van der Waals surface area contributed by atoms with Crippen LogP contribution in [0.25, 0.3) is 5.82 Å². The lowest BCUT2D eigenvalue weighted by Gasteiger charge is -2.20. The summed E-state index contributed by atoms with van der Waals surface area (Å²) in [5, 5.41) is 2.99. The van der Waals surface area contributed by atoms with E-state index in [-0.39, 0.29) is 18.1 Å². The molecule has 0 spiro atoms. The van der Waals surface area contributed by atoms with E-state index in [1.165, 1.54) is 0 Å². The maximum absolute atomic E-state index is 12.3. The van der Waals surface area contributed by atoms with Gasteiger partial charge >= 0.3 is 0 Å². The van der Waals surface area contributed by atoms with Crippen LogP contribution in [0.2, 0.25) is 0 Å². The van der Waals surface area contributed by atoms with Crippen LogP contribution in [-0.2, 0) is 4.74 Å². The zero-order valence-corrected chi connectivity index (χ0v) is 11.9. The van der Waals surface area contributed by atoms with Crippen LogP contribution in [0.5, 0.6) is 0 Å². The largest absolute Gasteiger partial charge is 0.376 e. The Balaban J connectivity index is 1.71. The first kappa shape index (κ1) is 13.8. The standard InChI is InChI=1S/C15H18N4O2/c1-11(13-3-2-8-21-13)18-15(20)12-4-5-17-14(9-12)19-7-6-16-10-19/h4-7,9-11,13H,2-3,8H2,1H3,(H,18,20). The Morgan fingerprint density at radius 1 is 1.52 bits per heavy atom. The van der Waals surface area contributed by atoms with Crippen LogP contribution < -0.4 is 5.32 Å². The molecular formula is C15H18N4O2. The van der Waals surface area contributed by atoms with E-state index in [4.69, 9.17) is 4.74 Å². The van der Waals surface area contributed by atoms with Crippen molar-refractivity contribution in [3.05, 3.63) is 42.6 Å². The fourth-order valence-corrected chi connectivity index (χ4v) is 2.48. The number of pyridine rings is 1. The lowest BCUT2D eigenvalue weighted by molar-refractivity contribution is 0.0712. The number of hydrogen-bond donors (Lipinski definition) is 1. The molecule has 1 N–H and O–H groups in total. The third-order valence-corrected chi connectivity index (χ3v) is 3.66. The van der Waals surface area contributed by atoms with Crippen molar-refractivity contribution in [3.63, 3.8) is 0 Å². The van der Waals surface area contributed by atoms with Crippen molar-refractivity contribution in [3.8, 4) is 5.82 Å². The number of nitrogens with zero attached hydrogens (tertiary/aromatic N) is 3. The van der Waals surface area contributed by atoms with E-state index in [2.05, 4.69) is 15.3 Å². The highest BCUT2D eigenvalue weighted by Gasteiger charge is 2.24. The molecule has 6 nitrogen and oxygen atoms in total. The van der Waals surface area contributed by atoms with Gasteiger partial charge < -0.3 is 10.1 Å². The summed E-state index contributed by atoms with van der Waals surface area (Å²) in [7, 11) is 0. The minimum atomic E-state index is -0.109. The molecule has 0 saturated carbocycles. The van der Waals surface area contributed by atoms with Crippen molar-refractivity contribution >= 4 is 5.91 Å². The van der Waals surface area contributed by atoms with Crippen LogP contribution in [0.3, 0.4) is 0 Å². The fourth-order valence-electron chi connectivity index (χ4n) is 2.48. The van der Waals surface area contributed by atoms with E-state index < -0.39 is 0 Å². The van der Waals surface area contributed by atoms with Gasteiger partial charge in [-0.15, -0.1) is 0 Å². The fraction of sp³-hybridized carbons (Fsp3) is 0.400. The van der Waals surface area contributed by atoms with Crippen molar-refractivity contribution in [2.45, 2.75) is 31.9 Å². The molecule has 1 aliphatic heterocycles. The number of carbonyl (C=O) groups excluding carboxylic acids is 1. The van der Waals surface area contributed by atoms with Crippen LogP contribution in [0.15, 0.2) is 37.1 Å². The second-order valence-electron chi connectivity index (χ2n) is 5.19. The topological polar surface area (TPSA) is 69.0 Å². The number of nitrogens with one attached hydrogen (secondary N) is 1. The molecule has 0 radical (unpaired) electrons. The maximum atomic E-state index is 12.3. The third kappa shape index (κ3) is 3.11. The second-order valence-corrected chi connectivity index (χ2v) is 5.19. The van der Waals surface area contributed by atoms with E-state index in [9.17, 15) is 4.79 Å². The Labute approximate surface area is 123 Å². The van der Waals surface area contributed by atoms with Crippen LogP contribution in [-0.4, -0.2) is 39.2 Å². The Morgan fingerprint density at radius 3 is 3.14 bits per heavy atom. The van der Waals surface area contributed by atoms with Gasteiger partial charge in [0.1, 0.15) is 12.1 Å². The minimum absolute atomic E-state index is 0.00450. The number of amides is 1. The predicted molar refractivity (Wildman–Crippen MR) is 77.3 cm³/mol. The highest BCUT2D eigenvalue weighted by molar-refractivity contribution is 5.94. The SMILES string of the molecule is CC(NC(=O)c1ccnc(-n2ccnc2)c1)C1CCCO1. The van der Waals surface area contributed by atoms with E-state index in [1.807, 2.05) is 6.92 Å². The summed E-state index contributed by atoms with van der Waals surface area (Å²) in [4.78, 5) is 20.5. The molecular weight excluding hydrogens is 268 g/mol. The summed E-state index contributed by atoms with van der Waals surface area (Å²) in [6, 6.07) is 3.46. The summed E-state index contributed by atoms with van der Waals surface area (Å²) < 4.78 is 7.36. The van der Waals surface area contributed by atoms with Crippen molar-refractivity contribution < 1.29 is 9.53 Å². The summed E-state index contributed by atoms with van der Waals surface area (Å²) in [5.74, 6) is 0.562. The predicted octanol–water partition coefficient (Wildman–Crippen LogP) is 1.56. The minimum Gasteiger partial charge on any atom is -0.376 e. The monoisotopic (exact) mass is 286 g/mol. The quantitative estimate of drug-likeness (QED) is 0.926. The number of aromatic nitrogens is 3. The molecule has 1 aliphatic rings. The van der Waals surface area contributed by atoms with Gasteiger partial charge in [0, 0.05) is 30.8 Å². The molecule has 1 amide bonds. The second kappa shape index (κ2) is 6.05. The highest BCUT2D eigenvalue weighted by Crippen LogP contribution is 2.16. The van der Waals surface area contributed by atoms with E-state index in [1.54, 1.807) is 41.6 Å². The molecule has 2 aromatic heterocycles. The first-order valence-electron chi connectivity index (χ1n) is 7.11. The van der Waals surface area contributed by atoms with Crippen molar-refractivity contribution in [1.82, 2.24) is 19.9 Å².